The molecule has 0 saturated heterocycles. The molecule has 4 heteroatoms. The summed E-state index contributed by atoms with van der Waals surface area (Å²) < 4.78 is 10.6. The van der Waals surface area contributed by atoms with Crippen LogP contribution in [0.3, 0.4) is 0 Å². The van der Waals surface area contributed by atoms with E-state index in [2.05, 4.69) is 17.4 Å². The van der Waals surface area contributed by atoms with Gasteiger partial charge in [0, 0.05) is 23.9 Å². The molecule has 0 aliphatic rings. The third-order valence-electron chi connectivity index (χ3n) is 4.27. The predicted molar refractivity (Wildman–Crippen MR) is 104 cm³/mol. The van der Waals surface area contributed by atoms with Gasteiger partial charge in [-0.05, 0) is 29.3 Å². The van der Waals surface area contributed by atoms with E-state index in [0.717, 1.165) is 16.8 Å². The second-order valence-electron chi connectivity index (χ2n) is 5.97. The number of nitrogens with one attached hydrogen (secondary N) is 1. The average Bonchev–Trinajstić information content (AvgIpc) is 2.72. The number of methoxy groups -OCH3 is 2. The van der Waals surface area contributed by atoms with Crippen molar-refractivity contribution in [2.75, 3.05) is 19.5 Å². The first-order valence-corrected chi connectivity index (χ1v) is 8.49. The lowest BCUT2D eigenvalue weighted by Crippen LogP contribution is -2.07. The molecule has 0 aromatic heterocycles. The lowest BCUT2D eigenvalue weighted by Gasteiger charge is -2.18. The predicted octanol–water partition coefficient (Wildman–Crippen LogP) is 4.40. The molecule has 0 heterocycles. The fourth-order valence-electron chi connectivity index (χ4n) is 2.86. The monoisotopic (exact) mass is 349 g/mol. The highest BCUT2D eigenvalue weighted by Crippen LogP contribution is 2.33. The molecule has 1 atom stereocenters. The summed E-state index contributed by atoms with van der Waals surface area (Å²) in [6, 6.07) is 23.4. The zero-order valence-corrected chi connectivity index (χ0v) is 15.0. The summed E-state index contributed by atoms with van der Waals surface area (Å²) in [7, 11) is 3.20. The number of aliphatic hydroxyl groups excluding tert-OH is 1. The summed E-state index contributed by atoms with van der Waals surface area (Å²) >= 11 is 0. The Morgan fingerprint density at radius 3 is 2.12 bits per heavy atom. The van der Waals surface area contributed by atoms with Gasteiger partial charge in [-0.2, -0.15) is 0 Å². The second kappa shape index (κ2) is 8.41. The van der Waals surface area contributed by atoms with Crippen LogP contribution in [0.15, 0.2) is 72.8 Å². The fourth-order valence-corrected chi connectivity index (χ4v) is 2.86. The van der Waals surface area contributed by atoms with Crippen LogP contribution in [0.4, 0.5) is 5.69 Å². The lowest BCUT2D eigenvalue weighted by molar-refractivity contribution is 0.220. The minimum absolute atomic E-state index is 0.646. The maximum atomic E-state index is 11.0. The molecule has 0 bridgehead atoms. The minimum atomic E-state index is -0.793. The summed E-state index contributed by atoms with van der Waals surface area (Å²) in [6.07, 6.45) is -0.793. The van der Waals surface area contributed by atoms with Gasteiger partial charge < -0.3 is 19.9 Å². The summed E-state index contributed by atoms with van der Waals surface area (Å²) in [5, 5.41) is 14.4. The van der Waals surface area contributed by atoms with Crippen LogP contribution < -0.4 is 14.8 Å². The summed E-state index contributed by atoms with van der Waals surface area (Å²) in [6.45, 7) is 0.687. The topological polar surface area (TPSA) is 50.7 Å². The molecule has 0 aliphatic carbocycles. The van der Waals surface area contributed by atoms with Gasteiger partial charge in [0.15, 0.2) is 0 Å². The molecule has 2 N–H and O–H groups in total. The van der Waals surface area contributed by atoms with E-state index in [1.165, 1.54) is 5.56 Å². The van der Waals surface area contributed by atoms with Crippen molar-refractivity contribution in [3.8, 4) is 11.5 Å². The maximum absolute atomic E-state index is 11.0. The zero-order chi connectivity index (χ0) is 18.4. The summed E-state index contributed by atoms with van der Waals surface area (Å²) in [5.74, 6) is 1.29. The first-order chi connectivity index (χ1) is 12.7. The number of anilines is 1. The van der Waals surface area contributed by atoms with Crippen LogP contribution in [-0.4, -0.2) is 19.3 Å². The number of aliphatic hydroxyl groups is 1. The van der Waals surface area contributed by atoms with Crippen molar-refractivity contribution in [1.82, 2.24) is 0 Å². The van der Waals surface area contributed by atoms with Crippen LogP contribution in [0.25, 0.3) is 0 Å². The number of para-hydroxylation sites is 1. The van der Waals surface area contributed by atoms with Crippen LogP contribution in [0, 0.1) is 0 Å². The zero-order valence-electron chi connectivity index (χ0n) is 15.0. The maximum Gasteiger partial charge on any atom is 0.122 e. The van der Waals surface area contributed by atoms with Gasteiger partial charge in [0.05, 0.1) is 14.2 Å². The normalized spacial score (nSPS) is 11.7. The Morgan fingerprint density at radius 1 is 0.846 bits per heavy atom. The highest BCUT2D eigenvalue weighted by molar-refractivity contribution is 5.55. The van der Waals surface area contributed by atoms with Crippen molar-refractivity contribution in [1.29, 1.82) is 0 Å². The van der Waals surface area contributed by atoms with Gasteiger partial charge in [-0.15, -0.1) is 0 Å². The largest absolute Gasteiger partial charge is 0.497 e. The van der Waals surface area contributed by atoms with Gasteiger partial charge >= 0.3 is 0 Å². The second-order valence-corrected chi connectivity index (χ2v) is 5.97. The molecule has 0 fully saturated rings. The van der Waals surface area contributed by atoms with Crippen molar-refractivity contribution < 1.29 is 14.6 Å². The fraction of sp³-hybridized carbons (Fsp3) is 0.182. The molecule has 0 saturated carbocycles. The molecule has 0 aliphatic heterocycles. The Labute approximate surface area is 154 Å². The molecular formula is C22H23NO3. The van der Waals surface area contributed by atoms with Crippen LogP contribution >= 0.6 is 0 Å². The lowest BCUT2D eigenvalue weighted by atomic mass is 9.99. The van der Waals surface area contributed by atoms with Gasteiger partial charge in [-0.1, -0.05) is 48.5 Å². The van der Waals surface area contributed by atoms with Gasteiger partial charge in [0.2, 0.25) is 0 Å². The van der Waals surface area contributed by atoms with Crippen molar-refractivity contribution in [3.05, 3.63) is 89.5 Å². The van der Waals surface area contributed by atoms with E-state index in [-0.39, 0.29) is 0 Å². The SMILES string of the molecule is COc1cc(OC)cc(C(O)c2ccccc2NCc2ccccc2)c1. The van der Waals surface area contributed by atoms with E-state index in [0.29, 0.717) is 18.0 Å². The molecule has 0 amide bonds. The number of benzene rings is 3. The van der Waals surface area contributed by atoms with Gasteiger partial charge in [-0.3, -0.25) is 0 Å². The Morgan fingerprint density at radius 2 is 1.46 bits per heavy atom. The molecule has 3 aromatic rings. The van der Waals surface area contributed by atoms with Crippen molar-refractivity contribution in [2.45, 2.75) is 12.6 Å². The molecule has 134 valence electrons. The van der Waals surface area contributed by atoms with Gasteiger partial charge in [0.25, 0.3) is 0 Å². The quantitative estimate of drug-likeness (QED) is 0.664. The highest BCUT2D eigenvalue weighted by Gasteiger charge is 2.16. The molecule has 26 heavy (non-hydrogen) atoms. The Kier molecular flexibility index (Phi) is 5.77. The summed E-state index contributed by atoms with van der Waals surface area (Å²) in [4.78, 5) is 0. The molecule has 1 unspecified atom stereocenters. The molecular weight excluding hydrogens is 326 g/mol. The van der Waals surface area contributed by atoms with Crippen LogP contribution in [0.5, 0.6) is 11.5 Å². The number of ether oxygens (including phenoxy) is 2. The Balaban J connectivity index is 1.87. The van der Waals surface area contributed by atoms with E-state index in [1.54, 1.807) is 20.3 Å². The van der Waals surface area contributed by atoms with Crippen LogP contribution in [0.1, 0.15) is 22.8 Å². The first kappa shape index (κ1) is 17.8. The molecule has 0 spiro atoms. The van der Waals surface area contributed by atoms with Gasteiger partial charge in [-0.25, -0.2) is 0 Å². The first-order valence-electron chi connectivity index (χ1n) is 8.49. The standard InChI is InChI=1S/C22H23NO3/c1-25-18-12-17(13-19(14-18)26-2)22(24)20-10-6-7-11-21(20)23-15-16-8-4-3-5-9-16/h3-14,22-24H,15H2,1-2H3. The smallest absolute Gasteiger partial charge is 0.122 e. The molecule has 4 nitrogen and oxygen atoms in total. The Hall–Kier alpha value is -2.98. The van der Waals surface area contributed by atoms with Crippen LogP contribution in [-0.2, 0) is 6.54 Å². The van der Waals surface area contributed by atoms with Crippen molar-refractivity contribution in [3.63, 3.8) is 0 Å². The minimum Gasteiger partial charge on any atom is -0.497 e. The van der Waals surface area contributed by atoms with Crippen molar-refractivity contribution in [2.24, 2.45) is 0 Å². The Bertz CT molecular complexity index is 827. The third-order valence-corrected chi connectivity index (χ3v) is 4.27. The highest BCUT2D eigenvalue weighted by atomic mass is 16.5. The van der Waals surface area contributed by atoms with E-state index >= 15 is 0 Å². The number of hydrogen-bond acceptors (Lipinski definition) is 4. The van der Waals surface area contributed by atoms with E-state index in [4.69, 9.17) is 9.47 Å². The molecule has 0 radical (unpaired) electrons. The summed E-state index contributed by atoms with van der Waals surface area (Å²) in [5.41, 5.74) is 3.60. The molecule has 3 aromatic carbocycles. The molecule has 3 rings (SSSR count). The van der Waals surface area contributed by atoms with Gasteiger partial charge in [0.1, 0.15) is 17.6 Å². The van der Waals surface area contributed by atoms with E-state index in [1.807, 2.05) is 54.6 Å². The number of hydrogen-bond donors (Lipinski definition) is 2. The van der Waals surface area contributed by atoms with E-state index in [9.17, 15) is 5.11 Å². The number of rotatable bonds is 7. The average molecular weight is 349 g/mol. The van der Waals surface area contributed by atoms with Crippen molar-refractivity contribution >= 4 is 5.69 Å². The third kappa shape index (κ3) is 4.16. The van der Waals surface area contributed by atoms with E-state index < -0.39 is 6.10 Å². The van der Waals surface area contributed by atoms with Crippen LogP contribution in [0.2, 0.25) is 0 Å².